The summed E-state index contributed by atoms with van der Waals surface area (Å²) >= 11 is 1.30. The fraction of sp³-hybridized carbons (Fsp3) is 0.222. The summed E-state index contributed by atoms with van der Waals surface area (Å²) in [5.74, 6) is -0.750. The summed E-state index contributed by atoms with van der Waals surface area (Å²) in [5, 5.41) is 8.66. The molecule has 134 valence electrons. The quantitative estimate of drug-likeness (QED) is 0.689. The van der Waals surface area contributed by atoms with E-state index in [2.05, 4.69) is 15.5 Å². The third-order valence-corrected chi connectivity index (χ3v) is 4.45. The zero-order valence-electron chi connectivity index (χ0n) is 14.5. The summed E-state index contributed by atoms with van der Waals surface area (Å²) in [6, 6.07) is 9.64. The van der Waals surface area contributed by atoms with Crippen molar-refractivity contribution in [2.45, 2.75) is 26.9 Å². The molecule has 7 nitrogen and oxygen atoms in total. The minimum Gasteiger partial charge on any atom is -0.449 e. The number of aromatic nitrogens is 2. The van der Waals surface area contributed by atoms with E-state index in [9.17, 15) is 9.59 Å². The third-order valence-electron chi connectivity index (χ3n) is 3.69. The van der Waals surface area contributed by atoms with Crippen LogP contribution < -0.4 is 5.32 Å². The largest absolute Gasteiger partial charge is 0.449 e. The third kappa shape index (κ3) is 3.80. The van der Waals surface area contributed by atoms with Crippen LogP contribution in [0.4, 0.5) is 5.13 Å². The van der Waals surface area contributed by atoms with Crippen LogP contribution >= 0.6 is 11.3 Å². The van der Waals surface area contributed by atoms with Gasteiger partial charge in [-0.05, 0) is 20.8 Å². The molecule has 0 spiro atoms. The van der Waals surface area contributed by atoms with Gasteiger partial charge in [0.05, 0.1) is 11.4 Å². The zero-order chi connectivity index (χ0) is 18.7. The van der Waals surface area contributed by atoms with Crippen LogP contribution in [-0.2, 0) is 9.53 Å². The summed E-state index contributed by atoms with van der Waals surface area (Å²) in [7, 11) is 0. The summed E-state index contributed by atoms with van der Waals surface area (Å²) in [4.78, 5) is 28.8. The fourth-order valence-corrected chi connectivity index (χ4v) is 3.05. The Morgan fingerprint density at radius 1 is 1.23 bits per heavy atom. The van der Waals surface area contributed by atoms with Crippen LogP contribution in [0.2, 0.25) is 0 Å². The van der Waals surface area contributed by atoms with Crippen molar-refractivity contribution in [3.63, 3.8) is 0 Å². The number of nitrogens with zero attached hydrogens (tertiary/aromatic N) is 2. The maximum absolute atomic E-state index is 12.3. The number of nitrogens with one attached hydrogen (secondary N) is 1. The number of hydrogen-bond acceptors (Lipinski definition) is 7. The van der Waals surface area contributed by atoms with Crippen LogP contribution in [0.15, 0.2) is 40.2 Å². The number of carbonyl (C=O) groups is 2. The van der Waals surface area contributed by atoms with E-state index < -0.39 is 18.0 Å². The molecule has 0 fully saturated rings. The van der Waals surface area contributed by atoms with Gasteiger partial charge in [0.25, 0.3) is 5.91 Å². The number of rotatable bonds is 5. The SMILES string of the molecule is Cc1noc(C)c1C(=O)OC(C)C(=O)Nc1nc(-c2ccccc2)cs1. The molecule has 0 aliphatic rings. The number of hydrogen-bond donors (Lipinski definition) is 1. The van der Waals surface area contributed by atoms with E-state index in [0.29, 0.717) is 16.6 Å². The van der Waals surface area contributed by atoms with Gasteiger partial charge in [0.2, 0.25) is 0 Å². The maximum Gasteiger partial charge on any atom is 0.344 e. The average molecular weight is 371 g/mol. The van der Waals surface area contributed by atoms with E-state index in [4.69, 9.17) is 9.26 Å². The van der Waals surface area contributed by atoms with Crippen molar-refractivity contribution in [2.75, 3.05) is 5.32 Å². The monoisotopic (exact) mass is 371 g/mol. The Morgan fingerprint density at radius 2 is 1.96 bits per heavy atom. The second-order valence-corrected chi connectivity index (χ2v) is 6.50. The van der Waals surface area contributed by atoms with Crippen LogP contribution in [0.5, 0.6) is 0 Å². The lowest BCUT2D eigenvalue weighted by molar-refractivity contribution is -0.123. The fourth-order valence-electron chi connectivity index (χ4n) is 2.33. The molecule has 0 bridgehead atoms. The molecule has 0 radical (unpaired) electrons. The number of carbonyl (C=O) groups excluding carboxylic acids is 2. The average Bonchev–Trinajstić information content (AvgIpc) is 3.22. The summed E-state index contributed by atoms with van der Waals surface area (Å²) < 4.78 is 10.1. The molecule has 26 heavy (non-hydrogen) atoms. The van der Waals surface area contributed by atoms with Crippen molar-refractivity contribution in [1.29, 1.82) is 0 Å². The molecule has 1 aromatic carbocycles. The molecule has 0 aliphatic carbocycles. The van der Waals surface area contributed by atoms with Crippen molar-refractivity contribution in [1.82, 2.24) is 10.1 Å². The standard InChI is InChI=1S/C18H17N3O4S/c1-10-15(11(2)25-21-10)17(23)24-12(3)16(22)20-18-19-14(9-26-18)13-7-5-4-6-8-13/h4-9,12H,1-3H3,(H,19,20,22). The highest BCUT2D eigenvalue weighted by Gasteiger charge is 2.24. The first-order valence-corrected chi connectivity index (χ1v) is 8.79. The number of amides is 1. The lowest BCUT2D eigenvalue weighted by Gasteiger charge is -2.12. The van der Waals surface area contributed by atoms with E-state index in [1.54, 1.807) is 13.8 Å². The molecule has 1 atom stereocenters. The molecule has 3 rings (SSSR count). The van der Waals surface area contributed by atoms with Gasteiger partial charge < -0.3 is 9.26 Å². The molecular formula is C18H17N3O4S. The Bertz CT molecular complexity index is 914. The van der Waals surface area contributed by atoms with Crippen LogP contribution in [0.25, 0.3) is 11.3 Å². The number of ether oxygens (including phenoxy) is 1. The Kier molecular flexibility index (Phi) is 5.13. The minimum absolute atomic E-state index is 0.241. The first-order chi connectivity index (χ1) is 12.5. The highest BCUT2D eigenvalue weighted by molar-refractivity contribution is 7.14. The Labute approximate surface area is 154 Å². The molecule has 3 aromatic rings. The van der Waals surface area contributed by atoms with Gasteiger partial charge in [-0.15, -0.1) is 11.3 Å². The normalized spacial score (nSPS) is 11.8. The van der Waals surface area contributed by atoms with Crippen molar-refractivity contribution in [2.24, 2.45) is 0 Å². The van der Waals surface area contributed by atoms with Gasteiger partial charge in [-0.25, -0.2) is 9.78 Å². The van der Waals surface area contributed by atoms with Crippen LogP contribution in [0.1, 0.15) is 28.7 Å². The lowest BCUT2D eigenvalue weighted by atomic mass is 10.2. The van der Waals surface area contributed by atoms with Crippen molar-refractivity contribution in [3.05, 3.63) is 52.7 Å². The highest BCUT2D eigenvalue weighted by atomic mass is 32.1. The van der Waals surface area contributed by atoms with Gasteiger partial charge in [-0.2, -0.15) is 0 Å². The molecule has 8 heteroatoms. The lowest BCUT2D eigenvalue weighted by Crippen LogP contribution is -2.30. The molecule has 0 aliphatic heterocycles. The predicted molar refractivity (Wildman–Crippen MR) is 97.0 cm³/mol. The number of esters is 1. The molecule has 2 heterocycles. The summed E-state index contributed by atoms with van der Waals surface area (Å²) in [6.45, 7) is 4.75. The number of benzene rings is 1. The number of anilines is 1. The van der Waals surface area contributed by atoms with Gasteiger partial charge in [-0.3, -0.25) is 10.1 Å². The summed E-state index contributed by atoms with van der Waals surface area (Å²) in [6.07, 6.45) is -0.986. The number of aryl methyl sites for hydroxylation is 2. The van der Waals surface area contributed by atoms with Crippen molar-refractivity contribution >= 4 is 28.3 Å². The maximum atomic E-state index is 12.3. The van der Waals surface area contributed by atoms with Gasteiger partial charge in [-0.1, -0.05) is 35.5 Å². The Hall–Kier alpha value is -3.00. The van der Waals surface area contributed by atoms with Crippen molar-refractivity contribution < 1.29 is 18.8 Å². The first kappa shape index (κ1) is 17.8. The Morgan fingerprint density at radius 3 is 2.62 bits per heavy atom. The Balaban J connectivity index is 1.63. The van der Waals surface area contributed by atoms with Crippen LogP contribution in [0, 0.1) is 13.8 Å². The van der Waals surface area contributed by atoms with E-state index in [1.165, 1.54) is 18.3 Å². The molecule has 2 aromatic heterocycles. The molecule has 0 saturated carbocycles. The van der Waals surface area contributed by atoms with Crippen LogP contribution in [0.3, 0.4) is 0 Å². The van der Waals surface area contributed by atoms with Crippen LogP contribution in [-0.4, -0.2) is 28.1 Å². The second kappa shape index (κ2) is 7.49. The second-order valence-electron chi connectivity index (χ2n) is 5.64. The van der Waals surface area contributed by atoms with Crippen molar-refractivity contribution in [3.8, 4) is 11.3 Å². The van der Waals surface area contributed by atoms with Gasteiger partial charge in [0.15, 0.2) is 11.2 Å². The van der Waals surface area contributed by atoms with E-state index in [1.807, 2.05) is 35.7 Å². The topological polar surface area (TPSA) is 94.3 Å². The van der Waals surface area contributed by atoms with E-state index in [-0.39, 0.29) is 5.56 Å². The van der Waals surface area contributed by atoms with E-state index >= 15 is 0 Å². The molecule has 1 amide bonds. The van der Waals surface area contributed by atoms with Gasteiger partial charge in [0.1, 0.15) is 11.3 Å². The predicted octanol–water partition coefficient (Wildman–Crippen LogP) is 3.60. The highest BCUT2D eigenvalue weighted by Crippen LogP contribution is 2.24. The molecular weight excluding hydrogens is 354 g/mol. The molecule has 1 N–H and O–H groups in total. The van der Waals surface area contributed by atoms with Gasteiger partial charge in [0, 0.05) is 10.9 Å². The van der Waals surface area contributed by atoms with Gasteiger partial charge >= 0.3 is 5.97 Å². The first-order valence-electron chi connectivity index (χ1n) is 7.91. The summed E-state index contributed by atoms with van der Waals surface area (Å²) in [5.41, 5.74) is 2.39. The minimum atomic E-state index is -0.986. The molecule has 1 unspecified atom stereocenters. The van der Waals surface area contributed by atoms with E-state index in [0.717, 1.165) is 11.3 Å². The molecule has 0 saturated heterocycles. The smallest absolute Gasteiger partial charge is 0.344 e. The number of thiazole rings is 1. The zero-order valence-corrected chi connectivity index (χ0v) is 15.3.